The number of aromatic nitrogens is 2. The fourth-order valence-corrected chi connectivity index (χ4v) is 4.17. The average Bonchev–Trinajstić information content (AvgIpc) is 3.15. The van der Waals surface area contributed by atoms with Crippen LogP contribution in [-0.4, -0.2) is 9.55 Å². The summed E-state index contributed by atoms with van der Waals surface area (Å²) in [4.78, 5) is 4.90. The van der Waals surface area contributed by atoms with Crippen molar-refractivity contribution in [2.75, 3.05) is 0 Å². The highest BCUT2D eigenvalue weighted by Crippen LogP contribution is 2.27. The van der Waals surface area contributed by atoms with Crippen LogP contribution in [0.2, 0.25) is 0 Å². The molecular formula is C29H28N2O. The maximum absolute atomic E-state index is 6.29. The van der Waals surface area contributed by atoms with Crippen molar-refractivity contribution in [3.63, 3.8) is 0 Å². The standard InChI is InChI=1S/C29H28N2O/c1-29(2,3)23-17-15-21(16-18-23)19-31-26-13-7-6-12-25(26)30-28(31)20-32-27-14-8-10-22-9-4-5-11-24(22)27/h4-18H,19-20H2,1-3H3. The highest BCUT2D eigenvalue weighted by Gasteiger charge is 2.15. The number of imidazole rings is 1. The number of fused-ring (bicyclic) bond motifs is 2. The summed E-state index contributed by atoms with van der Waals surface area (Å²) >= 11 is 0. The van der Waals surface area contributed by atoms with Crippen LogP contribution in [0.25, 0.3) is 21.8 Å². The van der Waals surface area contributed by atoms with Crippen LogP contribution in [0, 0.1) is 0 Å². The molecule has 0 radical (unpaired) electrons. The Labute approximate surface area is 189 Å². The van der Waals surface area contributed by atoms with E-state index in [-0.39, 0.29) is 5.41 Å². The van der Waals surface area contributed by atoms with Crippen molar-refractivity contribution in [2.24, 2.45) is 0 Å². The van der Waals surface area contributed by atoms with Gasteiger partial charge in [-0.05, 0) is 40.1 Å². The second-order valence-electron chi connectivity index (χ2n) is 9.32. The van der Waals surface area contributed by atoms with Crippen molar-refractivity contribution in [1.29, 1.82) is 0 Å². The SMILES string of the molecule is CC(C)(C)c1ccc(Cn2c(COc3cccc4ccccc34)nc3ccccc32)cc1. The Morgan fingerprint density at radius 1 is 0.781 bits per heavy atom. The summed E-state index contributed by atoms with van der Waals surface area (Å²) in [6.07, 6.45) is 0. The fourth-order valence-electron chi connectivity index (χ4n) is 4.17. The molecule has 0 saturated carbocycles. The first-order valence-corrected chi connectivity index (χ1v) is 11.1. The van der Waals surface area contributed by atoms with Gasteiger partial charge in [0.2, 0.25) is 0 Å². The smallest absolute Gasteiger partial charge is 0.148 e. The summed E-state index contributed by atoms with van der Waals surface area (Å²) in [5.74, 6) is 1.82. The number of rotatable bonds is 5. The number of benzene rings is 4. The van der Waals surface area contributed by atoms with E-state index in [0.29, 0.717) is 6.61 Å². The monoisotopic (exact) mass is 420 g/mol. The van der Waals surface area contributed by atoms with E-state index in [1.54, 1.807) is 0 Å². The molecule has 0 amide bonds. The Balaban J connectivity index is 1.46. The van der Waals surface area contributed by atoms with E-state index in [1.807, 2.05) is 24.3 Å². The molecule has 32 heavy (non-hydrogen) atoms. The maximum Gasteiger partial charge on any atom is 0.148 e. The van der Waals surface area contributed by atoms with Gasteiger partial charge in [0.1, 0.15) is 18.2 Å². The Morgan fingerprint density at radius 3 is 2.31 bits per heavy atom. The summed E-state index contributed by atoms with van der Waals surface area (Å²) in [6.45, 7) is 7.91. The van der Waals surface area contributed by atoms with Gasteiger partial charge >= 0.3 is 0 Å². The summed E-state index contributed by atoms with van der Waals surface area (Å²) in [5.41, 5.74) is 4.88. The molecule has 0 N–H and O–H groups in total. The largest absolute Gasteiger partial charge is 0.485 e. The van der Waals surface area contributed by atoms with Gasteiger partial charge in [-0.15, -0.1) is 0 Å². The minimum Gasteiger partial charge on any atom is -0.485 e. The summed E-state index contributed by atoms with van der Waals surface area (Å²) in [5, 5.41) is 2.30. The predicted molar refractivity (Wildman–Crippen MR) is 132 cm³/mol. The van der Waals surface area contributed by atoms with Crippen molar-refractivity contribution in [3.8, 4) is 5.75 Å². The van der Waals surface area contributed by atoms with E-state index < -0.39 is 0 Å². The lowest BCUT2D eigenvalue weighted by Gasteiger charge is -2.19. The van der Waals surface area contributed by atoms with Crippen LogP contribution in [0.4, 0.5) is 0 Å². The van der Waals surface area contributed by atoms with Crippen LogP contribution >= 0.6 is 0 Å². The number of hydrogen-bond acceptors (Lipinski definition) is 2. The van der Waals surface area contributed by atoms with Gasteiger partial charge in [0.05, 0.1) is 11.0 Å². The molecule has 0 saturated heterocycles. The van der Waals surface area contributed by atoms with E-state index >= 15 is 0 Å². The molecule has 0 unspecified atom stereocenters. The molecule has 0 aliphatic rings. The zero-order chi connectivity index (χ0) is 22.1. The highest BCUT2D eigenvalue weighted by molar-refractivity contribution is 5.88. The molecule has 0 atom stereocenters. The van der Waals surface area contributed by atoms with Gasteiger partial charge in [0.15, 0.2) is 0 Å². The summed E-state index contributed by atoms with van der Waals surface area (Å²) in [7, 11) is 0. The van der Waals surface area contributed by atoms with E-state index in [9.17, 15) is 0 Å². The van der Waals surface area contributed by atoms with Gasteiger partial charge in [-0.25, -0.2) is 4.98 Å². The van der Waals surface area contributed by atoms with Crippen LogP contribution in [-0.2, 0) is 18.6 Å². The van der Waals surface area contributed by atoms with Gasteiger partial charge in [-0.2, -0.15) is 0 Å². The molecule has 4 aromatic carbocycles. The van der Waals surface area contributed by atoms with Crippen LogP contribution in [0.1, 0.15) is 37.7 Å². The molecular weight excluding hydrogens is 392 g/mol. The lowest BCUT2D eigenvalue weighted by atomic mass is 9.87. The van der Waals surface area contributed by atoms with Gasteiger partial charge in [0, 0.05) is 11.9 Å². The minimum atomic E-state index is 0.150. The minimum absolute atomic E-state index is 0.150. The zero-order valence-electron chi connectivity index (χ0n) is 18.9. The van der Waals surface area contributed by atoms with Crippen molar-refractivity contribution in [3.05, 3.63) is 108 Å². The number of para-hydroxylation sites is 2. The maximum atomic E-state index is 6.29. The Morgan fingerprint density at radius 2 is 1.50 bits per heavy atom. The molecule has 1 aromatic heterocycles. The summed E-state index contributed by atoms with van der Waals surface area (Å²) < 4.78 is 8.56. The lowest BCUT2D eigenvalue weighted by molar-refractivity contribution is 0.295. The van der Waals surface area contributed by atoms with E-state index in [4.69, 9.17) is 9.72 Å². The lowest BCUT2D eigenvalue weighted by Crippen LogP contribution is -2.12. The quantitative estimate of drug-likeness (QED) is 0.303. The van der Waals surface area contributed by atoms with Crippen molar-refractivity contribution in [1.82, 2.24) is 9.55 Å². The van der Waals surface area contributed by atoms with Gasteiger partial charge in [-0.3, -0.25) is 0 Å². The normalized spacial score (nSPS) is 11.8. The third kappa shape index (κ3) is 3.99. The van der Waals surface area contributed by atoms with Crippen LogP contribution in [0.15, 0.2) is 91.0 Å². The molecule has 3 nitrogen and oxygen atoms in total. The molecule has 0 spiro atoms. The topological polar surface area (TPSA) is 27.1 Å². The molecule has 1 heterocycles. The van der Waals surface area contributed by atoms with Crippen molar-refractivity contribution >= 4 is 21.8 Å². The highest BCUT2D eigenvalue weighted by atomic mass is 16.5. The second kappa shape index (κ2) is 8.16. The second-order valence-corrected chi connectivity index (χ2v) is 9.32. The number of nitrogens with zero attached hydrogens (tertiary/aromatic N) is 2. The van der Waals surface area contributed by atoms with Gasteiger partial charge in [0.25, 0.3) is 0 Å². The zero-order valence-corrected chi connectivity index (χ0v) is 18.9. The Bertz CT molecular complexity index is 1370. The molecule has 5 aromatic rings. The number of ether oxygens (including phenoxy) is 1. The molecule has 0 bridgehead atoms. The molecule has 5 rings (SSSR count). The molecule has 3 heteroatoms. The van der Waals surface area contributed by atoms with Gasteiger partial charge in [-0.1, -0.05) is 93.6 Å². The molecule has 0 fully saturated rings. The van der Waals surface area contributed by atoms with E-state index in [1.165, 1.54) is 16.5 Å². The van der Waals surface area contributed by atoms with Crippen LogP contribution in [0.5, 0.6) is 5.75 Å². The Kier molecular flexibility index (Phi) is 5.18. The van der Waals surface area contributed by atoms with E-state index in [0.717, 1.165) is 34.5 Å². The Hall–Kier alpha value is -3.59. The fraction of sp³-hybridized carbons (Fsp3) is 0.207. The molecule has 160 valence electrons. The number of hydrogen-bond donors (Lipinski definition) is 0. The van der Waals surface area contributed by atoms with Crippen LogP contribution < -0.4 is 4.74 Å². The van der Waals surface area contributed by atoms with E-state index in [2.05, 4.69) is 92.1 Å². The van der Waals surface area contributed by atoms with Gasteiger partial charge < -0.3 is 9.30 Å². The first-order valence-electron chi connectivity index (χ1n) is 11.1. The summed E-state index contributed by atoms with van der Waals surface area (Å²) in [6, 6.07) is 31.7. The van der Waals surface area contributed by atoms with Crippen LogP contribution in [0.3, 0.4) is 0 Å². The first-order chi connectivity index (χ1) is 15.5. The van der Waals surface area contributed by atoms with Crippen molar-refractivity contribution in [2.45, 2.75) is 39.3 Å². The third-order valence-electron chi connectivity index (χ3n) is 6.00. The predicted octanol–water partition coefficient (Wildman–Crippen LogP) is 7.11. The first kappa shape index (κ1) is 20.3. The third-order valence-corrected chi connectivity index (χ3v) is 6.00. The average molecular weight is 421 g/mol. The van der Waals surface area contributed by atoms with Crippen molar-refractivity contribution < 1.29 is 4.74 Å². The molecule has 0 aliphatic carbocycles. The molecule has 0 aliphatic heterocycles.